The minimum atomic E-state index is 0. The molecule has 6 heteroatoms. The molecule has 22 heavy (non-hydrogen) atoms. The number of unbranched alkanes of at least 4 members (excludes halogenated alkanes) is 1. The van der Waals surface area contributed by atoms with Crippen molar-refractivity contribution in [3.63, 3.8) is 0 Å². The van der Waals surface area contributed by atoms with Crippen molar-refractivity contribution in [1.29, 1.82) is 0 Å². The van der Waals surface area contributed by atoms with Crippen LogP contribution in [0.15, 0.2) is 36.9 Å². The maximum Gasteiger partial charge on any atom is 0.223 e. The van der Waals surface area contributed by atoms with Crippen LogP contribution in [0.2, 0.25) is 5.02 Å². The van der Waals surface area contributed by atoms with Gasteiger partial charge in [0, 0.05) is 31.1 Å². The maximum atomic E-state index is 12.4. The monoisotopic (exact) mass is 364 g/mol. The molecule has 1 heterocycles. The molecule has 0 aliphatic carbocycles. The molecule has 0 saturated carbocycles. The molecular weight excluding hydrogens is 343 g/mol. The van der Waals surface area contributed by atoms with E-state index in [1.54, 1.807) is 0 Å². The van der Waals surface area contributed by atoms with E-state index >= 15 is 0 Å². The summed E-state index contributed by atoms with van der Waals surface area (Å²) < 4.78 is 0. The molecule has 1 aromatic rings. The number of hydrogen-bond donors (Lipinski definition) is 1. The number of nitrogens with zero attached hydrogens (tertiary/aromatic N) is 1. The molecule has 2 rings (SSSR count). The lowest BCUT2D eigenvalue weighted by atomic mass is 10.0. The van der Waals surface area contributed by atoms with Crippen molar-refractivity contribution in [3.05, 3.63) is 47.5 Å². The average molecular weight is 366 g/mol. The summed E-state index contributed by atoms with van der Waals surface area (Å²) in [6.07, 6.45) is 4.18. The van der Waals surface area contributed by atoms with Crippen LogP contribution in [0.4, 0.5) is 0 Å². The topological polar surface area (TPSA) is 32.3 Å². The highest BCUT2D eigenvalue weighted by Crippen LogP contribution is 2.29. The zero-order valence-electron chi connectivity index (χ0n) is 12.5. The van der Waals surface area contributed by atoms with Gasteiger partial charge >= 0.3 is 0 Å². The van der Waals surface area contributed by atoms with E-state index in [1.807, 2.05) is 35.2 Å². The summed E-state index contributed by atoms with van der Waals surface area (Å²) in [5.74, 6) is 0.207. The Hall–Kier alpha value is -0.740. The number of nitrogens with one attached hydrogen (secondary N) is 1. The molecule has 1 aromatic carbocycles. The smallest absolute Gasteiger partial charge is 0.223 e. The van der Waals surface area contributed by atoms with Crippen molar-refractivity contribution in [3.8, 4) is 0 Å². The van der Waals surface area contributed by atoms with E-state index in [0.717, 1.165) is 43.1 Å². The molecule has 124 valence electrons. The lowest BCUT2D eigenvalue weighted by molar-refractivity contribution is -0.134. The summed E-state index contributed by atoms with van der Waals surface area (Å²) in [7, 11) is 0. The van der Waals surface area contributed by atoms with Gasteiger partial charge in [0.05, 0.1) is 6.04 Å². The SMILES string of the molecule is C=CCCCC(=O)N1CCNCC1c1ccccc1Cl.Cl.Cl. The molecular formula is C16H23Cl3N2O. The minimum absolute atomic E-state index is 0. The van der Waals surface area contributed by atoms with Gasteiger partial charge in [-0.25, -0.2) is 0 Å². The largest absolute Gasteiger partial charge is 0.333 e. The first-order chi connectivity index (χ1) is 9.74. The second-order valence-electron chi connectivity index (χ2n) is 5.01. The summed E-state index contributed by atoms with van der Waals surface area (Å²) >= 11 is 6.28. The molecule has 1 fully saturated rings. The van der Waals surface area contributed by atoms with Crippen LogP contribution in [0.5, 0.6) is 0 Å². The Labute approximate surface area is 149 Å². The number of carbonyl (C=O) groups is 1. The van der Waals surface area contributed by atoms with E-state index in [1.165, 1.54) is 0 Å². The van der Waals surface area contributed by atoms with Crippen LogP contribution in [0.3, 0.4) is 0 Å². The molecule has 0 radical (unpaired) electrons. The lowest BCUT2D eigenvalue weighted by Crippen LogP contribution is -2.48. The summed E-state index contributed by atoms with van der Waals surface area (Å²) in [6.45, 7) is 6.03. The Morgan fingerprint density at radius 1 is 1.41 bits per heavy atom. The highest BCUT2D eigenvalue weighted by atomic mass is 35.5. The molecule has 1 unspecified atom stereocenters. The van der Waals surface area contributed by atoms with Gasteiger partial charge in [-0.15, -0.1) is 31.4 Å². The number of allylic oxidation sites excluding steroid dienone is 1. The third kappa shape index (κ3) is 5.47. The third-order valence-electron chi connectivity index (χ3n) is 3.63. The summed E-state index contributed by atoms with van der Waals surface area (Å²) in [4.78, 5) is 14.3. The van der Waals surface area contributed by atoms with Gasteiger partial charge < -0.3 is 10.2 Å². The second-order valence-corrected chi connectivity index (χ2v) is 5.42. The van der Waals surface area contributed by atoms with Gasteiger partial charge in [0.25, 0.3) is 0 Å². The van der Waals surface area contributed by atoms with Gasteiger partial charge in [0.2, 0.25) is 5.91 Å². The molecule has 0 aromatic heterocycles. The summed E-state index contributed by atoms with van der Waals surface area (Å²) in [5.41, 5.74) is 1.03. The molecule has 0 spiro atoms. The number of hydrogen-bond acceptors (Lipinski definition) is 2. The Morgan fingerprint density at radius 2 is 2.14 bits per heavy atom. The summed E-state index contributed by atoms with van der Waals surface area (Å²) in [5, 5.41) is 4.07. The van der Waals surface area contributed by atoms with Gasteiger partial charge in [0.15, 0.2) is 0 Å². The number of halogens is 3. The van der Waals surface area contributed by atoms with Crippen LogP contribution < -0.4 is 5.32 Å². The Balaban J connectivity index is 0.00000220. The van der Waals surface area contributed by atoms with Crippen molar-refractivity contribution >= 4 is 42.3 Å². The molecule has 0 bridgehead atoms. The van der Waals surface area contributed by atoms with E-state index in [-0.39, 0.29) is 36.8 Å². The molecule has 1 N–H and O–H groups in total. The standard InChI is InChI=1S/C16H21ClN2O.2ClH/c1-2-3-4-9-16(20)19-11-10-18-12-15(19)13-7-5-6-8-14(13)17;;/h2,5-8,15,18H,1,3-4,9-12H2;2*1H. The van der Waals surface area contributed by atoms with Crippen LogP contribution in [-0.2, 0) is 4.79 Å². The predicted molar refractivity (Wildman–Crippen MR) is 97.3 cm³/mol. The first-order valence-corrected chi connectivity index (χ1v) is 7.47. The van der Waals surface area contributed by atoms with Crippen LogP contribution in [0, 0.1) is 0 Å². The van der Waals surface area contributed by atoms with Crippen LogP contribution in [0.25, 0.3) is 0 Å². The van der Waals surface area contributed by atoms with Gasteiger partial charge in [-0.05, 0) is 24.5 Å². The quantitative estimate of drug-likeness (QED) is 0.631. The normalized spacial score (nSPS) is 17.1. The Kier molecular flexibility index (Phi) is 10.5. The lowest BCUT2D eigenvalue weighted by Gasteiger charge is -2.37. The van der Waals surface area contributed by atoms with Crippen molar-refractivity contribution in [2.24, 2.45) is 0 Å². The van der Waals surface area contributed by atoms with Crippen molar-refractivity contribution in [1.82, 2.24) is 10.2 Å². The molecule has 1 amide bonds. The second kappa shape index (κ2) is 10.9. The first kappa shape index (κ1) is 21.3. The van der Waals surface area contributed by atoms with Crippen LogP contribution in [0.1, 0.15) is 30.9 Å². The number of rotatable bonds is 5. The van der Waals surface area contributed by atoms with Gasteiger partial charge in [0.1, 0.15) is 0 Å². The van der Waals surface area contributed by atoms with E-state index in [4.69, 9.17) is 11.6 Å². The average Bonchev–Trinajstić information content (AvgIpc) is 2.48. The van der Waals surface area contributed by atoms with Gasteiger partial charge in [-0.2, -0.15) is 0 Å². The van der Waals surface area contributed by atoms with E-state index in [9.17, 15) is 4.79 Å². The molecule has 1 aliphatic heterocycles. The fourth-order valence-electron chi connectivity index (χ4n) is 2.57. The third-order valence-corrected chi connectivity index (χ3v) is 3.97. The van der Waals surface area contributed by atoms with E-state index in [0.29, 0.717) is 6.42 Å². The highest BCUT2D eigenvalue weighted by molar-refractivity contribution is 6.31. The first-order valence-electron chi connectivity index (χ1n) is 7.09. The Bertz CT molecular complexity index is 482. The predicted octanol–water partition coefficient (Wildman–Crippen LogP) is 4.01. The Morgan fingerprint density at radius 3 is 2.82 bits per heavy atom. The van der Waals surface area contributed by atoms with Gasteiger partial charge in [-0.3, -0.25) is 4.79 Å². The van der Waals surface area contributed by atoms with Crippen molar-refractivity contribution < 1.29 is 4.79 Å². The van der Waals surface area contributed by atoms with Crippen LogP contribution in [-0.4, -0.2) is 30.4 Å². The van der Waals surface area contributed by atoms with Crippen molar-refractivity contribution in [2.75, 3.05) is 19.6 Å². The molecule has 1 saturated heterocycles. The van der Waals surface area contributed by atoms with Gasteiger partial charge in [-0.1, -0.05) is 35.9 Å². The van der Waals surface area contributed by atoms with Crippen LogP contribution >= 0.6 is 36.4 Å². The highest BCUT2D eigenvalue weighted by Gasteiger charge is 2.28. The summed E-state index contributed by atoms with van der Waals surface area (Å²) in [6, 6.07) is 7.80. The zero-order valence-corrected chi connectivity index (χ0v) is 14.9. The maximum absolute atomic E-state index is 12.4. The molecule has 1 atom stereocenters. The number of benzene rings is 1. The van der Waals surface area contributed by atoms with E-state index in [2.05, 4.69) is 11.9 Å². The fourth-order valence-corrected chi connectivity index (χ4v) is 2.83. The number of amides is 1. The van der Waals surface area contributed by atoms with Crippen molar-refractivity contribution in [2.45, 2.75) is 25.3 Å². The number of carbonyl (C=O) groups excluding carboxylic acids is 1. The minimum Gasteiger partial charge on any atom is -0.333 e. The zero-order chi connectivity index (χ0) is 14.4. The fraction of sp³-hybridized carbons (Fsp3) is 0.438. The van der Waals surface area contributed by atoms with E-state index < -0.39 is 0 Å². The molecule has 1 aliphatic rings. The number of piperazine rings is 1. The molecule has 3 nitrogen and oxygen atoms in total.